The summed E-state index contributed by atoms with van der Waals surface area (Å²) in [6, 6.07) is 17.4. The van der Waals surface area contributed by atoms with E-state index >= 15 is 0 Å². The highest BCUT2D eigenvalue weighted by atomic mass is 19.1. The van der Waals surface area contributed by atoms with Gasteiger partial charge in [0.05, 0.1) is 30.1 Å². The molecule has 2 fully saturated rings. The van der Waals surface area contributed by atoms with Gasteiger partial charge >= 0.3 is 5.97 Å². The second kappa shape index (κ2) is 11.1. The summed E-state index contributed by atoms with van der Waals surface area (Å²) < 4.78 is 22.3. The van der Waals surface area contributed by atoms with Crippen LogP contribution in [0.2, 0.25) is 0 Å². The number of carbonyl (C=O) groups is 2. The van der Waals surface area contributed by atoms with Crippen LogP contribution in [0.25, 0.3) is 44.5 Å². The minimum atomic E-state index is -1.10. The molecule has 2 aromatic carbocycles. The van der Waals surface area contributed by atoms with Gasteiger partial charge in [-0.25, -0.2) is 19.2 Å². The lowest BCUT2D eigenvalue weighted by Gasteiger charge is -2.35. The number of morpholine rings is 1. The number of rotatable bonds is 4. The monoisotopic (exact) mass is 604 g/mol. The highest BCUT2D eigenvalue weighted by molar-refractivity contribution is 6.00. The molecule has 1 N–H and O–H groups in total. The minimum Gasteiger partial charge on any atom is -0.477 e. The smallest absolute Gasteiger partial charge is 0.354 e. The molecule has 5 heterocycles. The fourth-order valence-corrected chi connectivity index (χ4v) is 7.71. The van der Waals surface area contributed by atoms with Crippen LogP contribution in [0.3, 0.4) is 0 Å². The van der Waals surface area contributed by atoms with Gasteiger partial charge in [-0.05, 0) is 66.3 Å². The van der Waals surface area contributed by atoms with Crippen molar-refractivity contribution in [3.05, 3.63) is 83.3 Å². The number of carboxylic acid groups (broad SMARTS) is 1. The number of amides is 1. The number of pyridine rings is 2. The molecule has 0 radical (unpaired) electrons. The van der Waals surface area contributed by atoms with Gasteiger partial charge in [-0.15, -0.1) is 0 Å². The van der Waals surface area contributed by atoms with Crippen LogP contribution in [0.5, 0.6) is 0 Å². The van der Waals surface area contributed by atoms with Gasteiger partial charge in [0.15, 0.2) is 5.69 Å². The molecule has 5 aromatic rings. The third-order valence-corrected chi connectivity index (χ3v) is 9.83. The average molecular weight is 605 g/mol. The maximum atomic E-state index is 14.7. The zero-order chi connectivity index (χ0) is 30.7. The van der Waals surface area contributed by atoms with Gasteiger partial charge in [0.1, 0.15) is 17.5 Å². The quantitative estimate of drug-likeness (QED) is 0.244. The van der Waals surface area contributed by atoms with E-state index in [2.05, 4.69) is 6.07 Å². The van der Waals surface area contributed by atoms with Crippen molar-refractivity contribution in [2.45, 2.75) is 50.5 Å². The molecule has 1 amide bonds. The molecule has 1 aliphatic carbocycles. The summed E-state index contributed by atoms with van der Waals surface area (Å²) in [5.74, 6) is -1.17. The minimum absolute atomic E-state index is 0.0206. The van der Waals surface area contributed by atoms with Gasteiger partial charge in [0.2, 0.25) is 5.91 Å². The Morgan fingerprint density at radius 1 is 0.867 bits per heavy atom. The molecule has 1 saturated carbocycles. The van der Waals surface area contributed by atoms with E-state index in [9.17, 15) is 19.1 Å². The molecule has 1 saturated heterocycles. The van der Waals surface area contributed by atoms with E-state index in [0.29, 0.717) is 49.6 Å². The Morgan fingerprint density at radius 3 is 2.42 bits per heavy atom. The average Bonchev–Trinajstić information content (AvgIpc) is 3.43. The maximum Gasteiger partial charge on any atom is 0.354 e. The van der Waals surface area contributed by atoms with Gasteiger partial charge in [0.25, 0.3) is 0 Å². The van der Waals surface area contributed by atoms with E-state index in [1.54, 1.807) is 24.3 Å². The first-order valence-corrected chi connectivity index (χ1v) is 15.8. The number of hydrogen-bond acceptors (Lipinski definition) is 5. The van der Waals surface area contributed by atoms with Crippen molar-refractivity contribution < 1.29 is 23.8 Å². The van der Waals surface area contributed by atoms with Gasteiger partial charge in [-0.2, -0.15) is 0 Å². The van der Waals surface area contributed by atoms with E-state index < -0.39 is 12.0 Å². The Balaban J connectivity index is 1.39. The number of fused-ring (bicyclic) bond motifs is 7. The first-order valence-electron chi connectivity index (χ1n) is 15.8. The van der Waals surface area contributed by atoms with Crippen LogP contribution in [-0.4, -0.2) is 62.7 Å². The fraction of sp³-hybridized carbons (Fsp3) is 0.333. The van der Waals surface area contributed by atoms with Crippen LogP contribution in [0.1, 0.15) is 65.7 Å². The van der Waals surface area contributed by atoms with Crippen molar-refractivity contribution >= 4 is 33.8 Å². The van der Waals surface area contributed by atoms with Crippen molar-refractivity contribution in [2.24, 2.45) is 0 Å². The molecular formula is C36H33FN4O4. The van der Waals surface area contributed by atoms with Crippen LogP contribution in [0.4, 0.5) is 4.39 Å². The van der Waals surface area contributed by atoms with Crippen LogP contribution in [-0.2, 0) is 16.0 Å². The molecule has 1 unspecified atom stereocenters. The highest BCUT2D eigenvalue weighted by Crippen LogP contribution is 2.50. The van der Waals surface area contributed by atoms with E-state index in [1.165, 1.54) is 12.5 Å². The molecule has 3 aromatic heterocycles. The number of carboxylic acids is 1. The Kier molecular flexibility index (Phi) is 6.86. The van der Waals surface area contributed by atoms with Gasteiger partial charge < -0.3 is 19.3 Å². The third-order valence-electron chi connectivity index (χ3n) is 9.83. The Bertz CT molecular complexity index is 1990. The largest absolute Gasteiger partial charge is 0.477 e. The fourth-order valence-electron chi connectivity index (χ4n) is 7.71. The second-order valence-corrected chi connectivity index (χ2v) is 12.3. The number of aromatic carboxylic acids is 1. The molecule has 3 aliphatic rings. The molecule has 0 spiro atoms. The van der Waals surface area contributed by atoms with Gasteiger partial charge in [-0.1, -0.05) is 43.5 Å². The summed E-state index contributed by atoms with van der Waals surface area (Å²) in [5, 5.41) is 11.7. The number of benzene rings is 2. The maximum absolute atomic E-state index is 14.7. The number of carbonyl (C=O) groups excluding carboxylic acids is 1. The summed E-state index contributed by atoms with van der Waals surface area (Å²) in [7, 11) is 0. The predicted molar refractivity (Wildman–Crippen MR) is 169 cm³/mol. The molecule has 9 heteroatoms. The molecular weight excluding hydrogens is 571 g/mol. The number of hydrogen-bond donors (Lipinski definition) is 1. The normalized spacial score (nSPS) is 18.6. The Labute approximate surface area is 259 Å². The Morgan fingerprint density at radius 2 is 1.64 bits per heavy atom. The number of ether oxygens (including phenoxy) is 1. The highest BCUT2D eigenvalue weighted by Gasteiger charge is 2.39. The second-order valence-electron chi connectivity index (χ2n) is 12.3. The van der Waals surface area contributed by atoms with E-state index in [-0.39, 0.29) is 23.3 Å². The molecule has 8 nitrogen and oxygen atoms in total. The number of aromatic nitrogens is 3. The first kappa shape index (κ1) is 27.9. The van der Waals surface area contributed by atoms with Crippen molar-refractivity contribution in [2.75, 3.05) is 26.3 Å². The summed E-state index contributed by atoms with van der Waals surface area (Å²) in [6.07, 6.45) is 5.92. The molecule has 0 bridgehead atoms. The lowest BCUT2D eigenvalue weighted by atomic mass is 9.80. The van der Waals surface area contributed by atoms with Gasteiger partial charge in [-0.3, -0.25) is 4.79 Å². The van der Waals surface area contributed by atoms with E-state index in [0.717, 1.165) is 64.4 Å². The standard InChI is InChI=1S/C36H33FN4O4/c37-27-9-5-4-8-24(27)29-13-10-22-26-20-31(35(42)40-16-18-45-19-17-40)41-33(23(26)11-14-28(22)38-29)32(21-6-2-1-3-7-21)25-12-15-30(36(43)44)39-34(25)41/h4-5,8-15,21,31H,1-3,6-7,16-20H2,(H,43,44). The van der Waals surface area contributed by atoms with Crippen LogP contribution >= 0.6 is 0 Å². The summed E-state index contributed by atoms with van der Waals surface area (Å²) >= 11 is 0. The SMILES string of the molecule is O=C(O)c1ccc2c(C3CCCCC3)c3n(c2n1)C(C(=O)N1CCOCC1)Cc1c-3ccc2nc(-c3ccccc3F)ccc12. The summed E-state index contributed by atoms with van der Waals surface area (Å²) in [4.78, 5) is 37.9. The molecule has 2 aliphatic heterocycles. The van der Waals surface area contributed by atoms with Gasteiger partial charge in [0, 0.05) is 41.4 Å². The van der Waals surface area contributed by atoms with E-state index in [4.69, 9.17) is 14.7 Å². The lowest BCUT2D eigenvalue weighted by molar-refractivity contribution is -0.138. The van der Waals surface area contributed by atoms with Crippen molar-refractivity contribution in [3.63, 3.8) is 0 Å². The van der Waals surface area contributed by atoms with Crippen molar-refractivity contribution in [1.29, 1.82) is 0 Å². The summed E-state index contributed by atoms with van der Waals surface area (Å²) in [6.45, 7) is 1.97. The van der Waals surface area contributed by atoms with Crippen LogP contribution in [0, 0.1) is 5.82 Å². The number of halogens is 1. The number of nitrogens with zero attached hydrogens (tertiary/aromatic N) is 4. The van der Waals surface area contributed by atoms with Crippen molar-refractivity contribution in [3.8, 4) is 22.5 Å². The van der Waals surface area contributed by atoms with E-state index in [1.807, 2.05) is 33.7 Å². The Hall–Kier alpha value is -4.63. The topological polar surface area (TPSA) is 97.5 Å². The zero-order valence-corrected chi connectivity index (χ0v) is 24.8. The molecule has 1 atom stereocenters. The van der Waals surface area contributed by atoms with Crippen LogP contribution < -0.4 is 0 Å². The lowest BCUT2D eigenvalue weighted by Crippen LogP contribution is -2.45. The third kappa shape index (κ3) is 4.60. The first-order chi connectivity index (χ1) is 22.0. The van der Waals surface area contributed by atoms with Crippen LogP contribution in [0.15, 0.2) is 60.7 Å². The predicted octanol–water partition coefficient (Wildman–Crippen LogP) is 6.76. The molecule has 228 valence electrons. The molecule has 8 rings (SSSR count). The summed E-state index contributed by atoms with van der Waals surface area (Å²) in [5.41, 5.74) is 6.41. The molecule has 45 heavy (non-hydrogen) atoms. The zero-order valence-electron chi connectivity index (χ0n) is 24.8. The van der Waals surface area contributed by atoms with Crippen molar-refractivity contribution in [1.82, 2.24) is 19.4 Å².